The Morgan fingerprint density at radius 3 is 2.71 bits per heavy atom. The Labute approximate surface area is 195 Å². The molecule has 5 N–H and O–H groups in total. The van der Waals surface area contributed by atoms with Crippen LogP contribution in [0.1, 0.15) is 43.4 Å². The fraction of sp³-hybridized carbons (Fsp3) is 0.429. The van der Waals surface area contributed by atoms with Crippen LogP contribution in [-0.2, 0) is 5.54 Å². The van der Waals surface area contributed by atoms with E-state index < -0.39 is 44.4 Å². The zero-order valence-electron chi connectivity index (χ0n) is 18.7. The number of aliphatic imine (C=N–C) groups is 1. The van der Waals surface area contributed by atoms with Crippen molar-refractivity contribution in [1.29, 1.82) is 0 Å². The minimum absolute atomic E-state index is 0.0282. The van der Waals surface area contributed by atoms with E-state index in [4.69, 9.17) is 5.73 Å². The molecule has 1 fully saturated rings. The number of anilines is 1. The van der Waals surface area contributed by atoms with Crippen molar-refractivity contribution < 1.29 is 27.3 Å². The van der Waals surface area contributed by atoms with Crippen LogP contribution >= 0.6 is 10.5 Å². The van der Waals surface area contributed by atoms with Crippen molar-refractivity contribution in [1.82, 2.24) is 14.7 Å². The summed E-state index contributed by atoms with van der Waals surface area (Å²) >= 11 is 0. The number of rotatable bonds is 5. The number of hydrogen-bond acceptors (Lipinski definition) is 8. The zero-order valence-corrected chi connectivity index (χ0v) is 19.5. The molecule has 184 valence electrons. The summed E-state index contributed by atoms with van der Waals surface area (Å²) in [6.07, 6.45) is 1.53. The first-order valence-electron chi connectivity index (χ1n) is 10.4. The monoisotopic (exact) mass is 498 g/mol. The molecule has 4 heterocycles. The van der Waals surface area contributed by atoms with Crippen LogP contribution in [0.15, 0.2) is 35.5 Å². The van der Waals surface area contributed by atoms with Crippen molar-refractivity contribution in [3.63, 3.8) is 0 Å². The summed E-state index contributed by atoms with van der Waals surface area (Å²) in [5, 5.41) is 2.06. The maximum absolute atomic E-state index is 15.0. The Bertz CT molecular complexity index is 1150. The van der Waals surface area contributed by atoms with Crippen LogP contribution in [0.3, 0.4) is 0 Å². The van der Waals surface area contributed by atoms with Gasteiger partial charge in [0, 0.05) is 6.54 Å². The van der Waals surface area contributed by atoms with Crippen molar-refractivity contribution in [2.45, 2.75) is 49.3 Å². The van der Waals surface area contributed by atoms with Gasteiger partial charge in [0.05, 0.1) is 16.2 Å². The Hall–Kier alpha value is -2.90. The van der Waals surface area contributed by atoms with Gasteiger partial charge in [-0.2, -0.15) is 8.78 Å². The van der Waals surface area contributed by atoms with E-state index in [1.807, 2.05) is 0 Å². The number of fused-ring (bicyclic) bond motifs is 1. The number of amides is 1. The number of alkyl halides is 2. The van der Waals surface area contributed by atoms with Crippen molar-refractivity contribution in [3.8, 4) is 5.75 Å². The highest BCUT2D eigenvalue weighted by Gasteiger charge is 2.61. The van der Waals surface area contributed by atoms with E-state index in [0.717, 1.165) is 12.3 Å². The van der Waals surface area contributed by atoms with Crippen LogP contribution in [-0.4, -0.2) is 49.4 Å². The smallest absolute Gasteiger partial charge is 0.387 e. The molecule has 4 rings (SSSR count). The quantitative estimate of drug-likeness (QED) is 0.496. The highest BCUT2D eigenvalue weighted by Crippen LogP contribution is 2.67. The number of amidine groups is 1. The van der Waals surface area contributed by atoms with Crippen molar-refractivity contribution in [2.75, 3.05) is 11.9 Å². The third kappa shape index (κ3) is 3.87. The van der Waals surface area contributed by atoms with Crippen LogP contribution in [0.2, 0.25) is 0 Å². The first-order valence-corrected chi connectivity index (χ1v) is 12.1. The average Bonchev–Trinajstić information content (AvgIpc) is 3.18. The third-order valence-corrected chi connectivity index (χ3v) is 10.2. The molecule has 0 radical (unpaired) electrons. The molecule has 34 heavy (non-hydrogen) atoms. The van der Waals surface area contributed by atoms with Gasteiger partial charge < -0.3 is 20.3 Å². The van der Waals surface area contributed by atoms with Crippen LogP contribution in [0.25, 0.3) is 0 Å². The minimum Gasteiger partial charge on any atom is -0.433 e. The van der Waals surface area contributed by atoms with E-state index in [1.54, 1.807) is 20.8 Å². The fourth-order valence-corrected chi connectivity index (χ4v) is 7.68. The van der Waals surface area contributed by atoms with E-state index in [9.17, 15) is 18.1 Å². The number of nitrogens with one attached hydrogen (secondary N) is 2. The van der Waals surface area contributed by atoms with E-state index in [0.29, 0.717) is 13.0 Å². The number of hydrogen-bond donors (Lipinski definition) is 4. The van der Waals surface area contributed by atoms with Crippen molar-refractivity contribution in [3.05, 3.63) is 47.7 Å². The van der Waals surface area contributed by atoms with E-state index >= 15 is 4.39 Å². The molecular weight excluding hydrogens is 473 g/mol. The van der Waals surface area contributed by atoms with Crippen molar-refractivity contribution >= 4 is 28.1 Å². The lowest BCUT2D eigenvalue weighted by Gasteiger charge is -2.55. The number of nitrogens with zero attached hydrogens (tertiary/aromatic N) is 3. The van der Waals surface area contributed by atoms with Gasteiger partial charge in [-0.3, -0.25) is 14.5 Å². The van der Waals surface area contributed by atoms with E-state index in [-0.39, 0.29) is 28.8 Å². The normalized spacial score (nSPS) is 29.6. The van der Waals surface area contributed by atoms with Crippen LogP contribution in [0.5, 0.6) is 5.75 Å². The van der Waals surface area contributed by atoms with Crippen LogP contribution in [0, 0.1) is 5.82 Å². The molecule has 1 unspecified atom stereocenters. The van der Waals surface area contributed by atoms with Gasteiger partial charge in [0.1, 0.15) is 40.1 Å². The number of aromatic nitrogens is 2. The minimum atomic E-state index is -3.01. The summed E-state index contributed by atoms with van der Waals surface area (Å²) in [6.45, 7) is 2.79. The maximum atomic E-state index is 15.0. The largest absolute Gasteiger partial charge is 0.433 e. The predicted molar refractivity (Wildman–Crippen MR) is 123 cm³/mol. The molecule has 2 aromatic rings. The molecule has 0 spiro atoms. The number of carbonyl (C=O) groups excluding carboxylic acids is 1. The summed E-state index contributed by atoms with van der Waals surface area (Å²) in [5.41, 5.74) is 4.83. The fourth-order valence-electron chi connectivity index (χ4n) is 4.32. The van der Waals surface area contributed by atoms with E-state index in [1.165, 1.54) is 18.2 Å². The van der Waals surface area contributed by atoms with Gasteiger partial charge in [-0.1, -0.05) is 10.5 Å². The van der Waals surface area contributed by atoms with Gasteiger partial charge in [0.25, 0.3) is 5.91 Å². The summed E-state index contributed by atoms with van der Waals surface area (Å²) in [4.78, 5) is 25.3. The highest BCUT2D eigenvalue weighted by atomic mass is 32.3. The molecule has 0 bridgehead atoms. The molecule has 1 amide bonds. The molecule has 0 aromatic carbocycles. The Balaban J connectivity index is 1.65. The molecular formula is C21H25F3N6O3S. The van der Waals surface area contributed by atoms with Gasteiger partial charge in [0.15, 0.2) is 0 Å². The predicted octanol–water partition coefficient (Wildman–Crippen LogP) is 3.39. The molecule has 3 atom stereocenters. The topological polar surface area (TPSA) is 135 Å². The number of halogens is 3. The van der Waals surface area contributed by atoms with Crippen LogP contribution in [0.4, 0.5) is 19.0 Å². The first-order chi connectivity index (χ1) is 15.9. The third-order valence-electron chi connectivity index (χ3n) is 6.28. The second-order valence-corrected chi connectivity index (χ2v) is 11.8. The number of nitrogens with two attached hydrogens (primary N) is 1. The molecule has 1 saturated heterocycles. The Morgan fingerprint density at radius 2 is 2.06 bits per heavy atom. The SMILES string of the molecule is CC1(C)C(N)=N[C@](C)(c2nc(NC(=O)c3ccc(OC(F)F)cn3)ccc2F)[C@@H]2CCNS21O. The van der Waals surface area contributed by atoms with Gasteiger partial charge >= 0.3 is 6.61 Å². The van der Waals surface area contributed by atoms with E-state index in [2.05, 4.69) is 29.7 Å². The zero-order chi connectivity index (χ0) is 24.9. The molecule has 0 aliphatic carbocycles. The molecule has 0 saturated carbocycles. The molecule has 2 aromatic heterocycles. The molecule has 2 aliphatic rings. The lowest BCUT2D eigenvalue weighted by atomic mass is 9.90. The lowest BCUT2D eigenvalue weighted by Crippen LogP contribution is -2.57. The van der Waals surface area contributed by atoms with Gasteiger partial charge in [0.2, 0.25) is 0 Å². The van der Waals surface area contributed by atoms with Crippen molar-refractivity contribution in [2.24, 2.45) is 10.7 Å². The number of ether oxygens (including phenoxy) is 1. The maximum Gasteiger partial charge on any atom is 0.387 e. The standard InChI is InChI=1S/C21H25F3N6O3S/c1-20(2)18(25)30-21(3,14-8-9-27-34(14,20)32)16-12(22)5-7-15(28-16)29-17(31)13-6-4-11(10-26-13)33-19(23)24/h4-7,10,14,19,27,32H,8-9H2,1-3H3,(H2,25,30)(H,28,29,31)/t14-,21-/m0/s1. The Kier molecular flexibility index (Phi) is 5.98. The Morgan fingerprint density at radius 1 is 1.32 bits per heavy atom. The van der Waals surface area contributed by atoms with Gasteiger partial charge in [-0.05, 0) is 51.5 Å². The first kappa shape index (κ1) is 24.2. The van der Waals surface area contributed by atoms with Crippen LogP contribution < -0.4 is 20.5 Å². The number of pyridine rings is 2. The summed E-state index contributed by atoms with van der Waals surface area (Å²) < 4.78 is 57.8. The summed E-state index contributed by atoms with van der Waals surface area (Å²) in [5.74, 6) is -1.32. The average molecular weight is 499 g/mol. The second-order valence-electron chi connectivity index (χ2n) is 8.69. The summed E-state index contributed by atoms with van der Waals surface area (Å²) in [7, 11) is -2.51. The second kappa shape index (κ2) is 8.40. The molecule has 2 aliphatic heterocycles. The van der Waals surface area contributed by atoms with Gasteiger partial charge in [-0.25, -0.2) is 14.4 Å². The van der Waals surface area contributed by atoms with Gasteiger partial charge in [-0.15, -0.1) is 0 Å². The summed E-state index contributed by atoms with van der Waals surface area (Å²) in [6, 6.07) is 4.82. The number of carbonyl (C=O) groups is 1. The molecule has 9 nitrogen and oxygen atoms in total. The molecule has 13 heteroatoms. The lowest BCUT2D eigenvalue weighted by molar-refractivity contribution is -0.0500. The highest BCUT2D eigenvalue weighted by molar-refractivity contribution is 8.29.